The van der Waals surface area contributed by atoms with Gasteiger partial charge in [0.2, 0.25) is 0 Å². The Labute approximate surface area is 127 Å². The molecule has 0 saturated carbocycles. The summed E-state index contributed by atoms with van der Waals surface area (Å²) in [5, 5.41) is 18.5. The zero-order chi connectivity index (χ0) is 15.2. The molecule has 21 heavy (non-hydrogen) atoms. The van der Waals surface area contributed by atoms with E-state index in [-0.39, 0.29) is 6.61 Å². The molecule has 1 heterocycles. The van der Waals surface area contributed by atoms with E-state index in [9.17, 15) is 5.11 Å². The zero-order valence-corrected chi connectivity index (χ0v) is 13.0. The van der Waals surface area contributed by atoms with Crippen LogP contribution in [0.15, 0.2) is 24.3 Å². The average molecular weight is 287 g/mol. The van der Waals surface area contributed by atoms with Gasteiger partial charge in [0.05, 0.1) is 11.6 Å². The van der Waals surface area contributed by atoms with Gasteiger partial charge in [-0.05, 0) is 50.0 Å². The molecule has 1 fully saturated rings. The summed E-state index contributed by atoms with van der Waals surface area (Å²) >= 11 is 0. The van der Waals surface area contributed by atoms with Gasteiger partial charge in [0.1, 0.15) is 0 Å². The lowest BCUT2D eigenvalue weighted by Gasteiger charge is -2.38. The van der Waals surface area contributed by atoms with Gasteiger partial charge in [0, 0.05) is 32.8 Å². The molecule has 0 aliphatic carbocycles. The monoisotopic (exact) mass is 287 g/mol. The molecule has 1 aliphatic rings. The third kappa shape index (κ3) is 4.82. The van der Waals surface area contributed by atoms with E-state index in [0.717, 1.165) is 32.6 Å². The fourth-order valence-electron chi connectivity index (χ4n) is 3.33. The molecule has 4 heteroatoms. The minimum atomic E-state index is 0.263. The quantitative estimate of drug-likeness (QED) is 0.893. The number of rotatable bonds is 5. The van der Waals surface area contributed by atoms with Crippen LogP contribution < -0.4 is 0 Å². The van der Waals surface area contributed by atoms with Crippen molar-refractivity contribution >= 4 is 0 Å². The van der Waals surface area contributed by atoms with Crippen LogP contribution in [0.25, 0.3) is 0 Å². The maximum absolute atomic E-state index is 9.53. The summed E-state index contributed by atoms with van der Waals surface area (Å²) < 4.78 is 0. The van der Waals surface area contributed by atoms with Crippen molar-refractivity contribution in [3.8, 4) is 6.07 Å². The summed E-state index contributed by atoms with van der Waals surface area (Å²) in [6.45, 7) is 4.18. The highest BCUT2D eigenvalue weighted by atomic mass is 16.3. The molecule has 4 nitrogen and oxygen atoms in total. The summed E-state index contributed by atoms with van der Waals surface area (Å²) in [6, 6.07) is 10.0. The number of hydrogen-bond acceptors (Lipinski definition) is 4. The number of likely N-dealkylation sites (tertiary alicyclic amines) is 1. The first-order valence-electron chi connectivity index (χ1n) is 7.57. The van der Waals surface area contributed by atoms with Crippen molar-refractivity contribution in [2.75, 3.05) is 40.3 Å². The van der Waals surface area contributed by atoms with Crippen LogP contribution in [0.3, 0.4) is 0 Å². The first kappa shape index (κ1) is 16.0. The van der Waals surface area contributed by atoms with Gasteiger partial charge in [-0.3, -0.25) is 4.90 Å². The van der Waals surface area contributed by atoms with Crippen molar-refractivity contribution in [2.24, 2.45) is 11.8 Å². The van der Waals surface area contributed by atoms with Gasteiger partial charge < -0.3 is 10.0 Å². The highest BCUT2D eigenvalue weighted by Crippen LogP contribution is 2.23. The lowest BCUT2D eigenvalue weighted by molar-refractivity contribution is 0.0692. The Bertz CT molecular complexity index is 495. The van der Waals surface area contributed by atoms with Crippen molar-refractivity contribution in [1.29, 1.82) is 5.26 Å². The van der Waals surface area contributed by atoms with E-state index in [1.54, 1.807) is 0 Å². The Kier molecular flexibility index (Phi) is 5.75. The maximum atomic E-state index is 9.53. The van der Waals surface area contributed by atoms with E-state index in [0.29, 0.717) is 17.4 Å². The van der Waals surface area contributed by atoms with Gasteiger partial charge in [-0.1, -0.05) is 12.1 Å². The standard InChI is InChI=1S/C17H25N3O/c1-19(2)9-16-7-17(13-21)12-20(11-16)10-15-5-3-4-14(6-15)8-18/h3-6,16-17,21H,7,9-13H2,1-2H3/t16-,17+/m0/s1. The van der Waals surface area contributed by atoms with E-state index in [1.165, 1.54) is 5.56 Å². The molecule has 1 saturated heterocycles. The third-order valence-electron chi connectivity index (χ3n) is 4.04. The van der Waals surface area contributed by atoms with Crippen molar-refractivity contribution in [1.82, 2.24) is 9.80 Å². The van der Waals surface area contributed by atoms with Gasteiger partial charge in [-0.2, -0.15) is 5.26 Å². The summed E-state index contributed by atoms with van der Waals surface area (Å²) in [6.07, 6.45) is 1.10. The van der Waals surface area contributed by atoms with E-state index < -0.39 is 0 Å². The second-order valence-electron chi connectivity index (χ2n) is 6.42. The molecule has 2 atom stereocenters. The fourth-order valence-corrected chi connectivity index (χ4v) is 3.33. The van der Waals surface area contributed by atoms with Gasteiger partial charge in [0.25, 0.3) is 0 Å². The lowest BCUT2D eigenvalue weighted by Crippen LogP contribution is -2.44. The smallest absolute Gasteiger partial charge is 0.0991 e. The van der Waals surface area contributed by atoms with Gasteiger partial charge in [-0.25, -0.2) is 0 Å². The van der Waals surface area contributed by atoms with Crippen LogP contribution in [0.1, 0.15) is 17.5 Å². The largest absolute Gasteiger partial charge is 0.396 e. The highest BCUT2D eigenvalue weighted by Gasteiger charge is 2.27. The number of aliphatic hydroxyl groups is 1. The van der Waals surface area contributed by atoms with Crippen LogP contribution in [-0.4, -0.2) is 55.2 Å². The van der Waals surface area contributed by atoms with Crippen molar-refractivity contribution in [3.63, 3.8) is 0 Å². The summed E-state index contributed by atoms with van der Waals surface area (Å²) in [5.41, 5.74) is 1.89. The van der Waals surface area contributed by atoms with Crippen LogP contribution in [0.4, 0.5) is 0 Å². The van der Waals surface area contributed by atoms with Gasteiger partial charge in [-0.15, -0.1) is 0 Å². The molecule has 1 aromatic carbocycles. The molecule has 1 N–H and O–H groups in total. The molecule has 0 amide bonds. The SMILES string of the molecule is CN(C)C[C@@H]1C[C@@H](CO)CN(Cc2cccc(C#N)c2)C1. The minimum Gasteiger partial charge on any atom is -0.396 e. The highest BCUT2D eigenvalue weighted by molar-refractivity contribution is 5.32. The van der Waals surface area contributed by atoms with Crippen LogP contribution in [0.5, 0.6) is 0 Å². The topological polar surface area (TPSA) is 50.5 Å². The van der Waals surface area contributed by atoms with Crippen molar-refractivity contribution < 1.29 is 5.11 Å². The second-order valence-corrected chi connectivity index (χ2v) is 6.42. The number of benzene rings is 1. The second kappa shape index (κ2) is 7.56. The normalized spacial score (nSPS) is 23.2. The number of piperidine rings is 1. The van der Waals surface area contributed by atoms with Gasteiger partial charge in [0.15, 0.2) is 0 Å². The lowest BCUT2D eigenvalue weighted by atomic mass is 9.89. The molecule has 0 spiro atoms. The molecule has 0 aromatic heterocycles. The van der Waals surface area contributed by atoms with E-state index >= 15 is 0 Å². The number of nitriles is 1. The zero-order valence-electron chi connectivity index (χ0n) is 13.0. The maximum Gasteiger partial charge on any atom is 0.0991 e. The van der Waals surface area contributed by atoms with Crippen molar-refractivity contribution in [3.05, 3.63) is 35.4 Å². The molecule has 2 rings (SSSR count). The minimum absolute atomic E-state index is 0.263. The van der Waals surface area contributed by atoms with E-state index in [2.05, 4.69) is 36.0 Å². The first-order valence-corrected chi connectivity index (χ1v) is 7.57. The Hall–Kier alpha value is -1.41. The summed E-state index contributed by atoms with van der Waals surface area (Å²) in [5.74, 6) is 0.966. The number of hydrogen-bond donors (Lipinski definition) is 1. The van der Waals surface area contributed by atoms with Crippen LogP contribution in [0.2, 0.25) is 0 Å². The number of nitrogens with zero attached hydrogens (tertiary/aromatic N) is 3. The van der Waals surface area contributed by atoms with E-state index in [1.807, 2.05) is 18.2 Å². The molecule has 114 valence electrons. The van der Waals surface area contributed by atoms with Crippen LogP contribution in [0, 0.1) is 23.2 Å². The summed E-state index contributed by atoms with van der Waals surface area (Å²) in [7, 11) is 4.20. The average Bonchev–Trinajstić information content (AvgIpc) is 2.46. The molecule has 1 aromatic rings. The predicted octanol–water partition coefficient (Wildman–Crippen LogP) is 1.55. The van der Waals surface area contributed by atoms with Crippen LogP contribution in [-0.2, 0) is 6.54 Å². The third-order valence-corrected chi connectivity index (χ3v) is 4.04. The molecular weight excluding hydrogens is 262 g/mol. The Morgan fingerprint density at radius 2 is 2.10 bits per heavy atom. The molecule has 0 bridgehead atoms. The van der Waals surface area contributed by atoms with Gasteiger partial charge >= 0.3 is 0 Å². The summed E-state index contributed by atoms with van der Waals surface area (Å²) in [4.78, 5) is 4.63. The molecule has 0 radical (unpaired) electrons. The first-order chi connectivity index (χ1) is 10.1. The van der Waals surface area contributed by atoms with Crippen molar-refractivity contribution in [2.45, 2.75) is 13.0 Å². The van der Waals surface area contributed by atoms with E-state index in [4.69, 9.17) is 5.26 Å². The Morgan fingerprint density at radius 1 is 1.33 bits per heavy atom. The Morgan fingerprint density at radius 3 is 2.76 bits per heavy atom. The Balaban J connectivity index is 2.02. The molecular formula is C17H25N3O. The molecule has 0 unspecified atom stereocenters. The molecule has 1 aliphatic heterocycles. The number of aliphatic hydroxyl groups excluding tert-OH is 1. The predicted molar refractivity (Wildman–Crippen MR) is 83.7 cm³/mol. The van der Waals surface area contributed by atoms with Crippen LogP contribution >= 0.6 is 0 Å². The fraction of sp³-hybridized carbons (Fsp3) is 0.588.